The van der Waals surface area contributed by atoms with Gasteiger partial charge in [0.05, 0.1) is 5.92 Å². The van der Waals surface area contributed by atoms with E-state index >= 15 is 0 Å². The fourth-order valence-corrected chi connectivity index (χ4v) is 3.52. The zero-order chi connectivity index (χ0) is 12.7. The molecule has 3 heteroatoms. The summed E-state index contributed by atoms with van der Waals surface area (Å²) in [6, 6.07) is 10.2. The summed E-state index contributed by atoms with van der Waals surface area (Å²) in [4.78, 5) is 15.4. The van der Waals surface area contributed by atoms with Gasteiger partial charge < -0.3 is 4.90 Å². The van der Waals surface area contributed by atoms with Crippen molar-refractivity contribution in [1.82, 2.24) is 0 Å². The number of carbonyl (C=O) groups is 1. The van der Waals surface area contributed by atoms with Crippen LogP contribution in [0.25, 0.3) is 0 Å². The SMILES string of the molecule is Cc1ccsc1CC1C(=O)N(C)c2ccccc21. The van der Waals surface area contributed by atoms with Gasteiger partial charge in [-0.05, 0) is 42.0 Å². The molecule has 1 unspecified atom stereocenters. The van der Waals surface area contributed by atoms with Crippen LogP contribution in [0.5, 0.6) is 0 Å². The Hall–Kier alpha value is -1.61. The quantitative estimate of drug-likeness (QED) is 0.808. The standard InChI is InChI=1S/C15H15NOS/c1-10-7-8-18-14(10)9-12-11-5-3-4-6-13(11)16(2)15(12)17/h3-8,12H,9H2,1-2H3. The molecule has 18 heavy (non-hydrogen) atoms. The largest absolute Gasteiger partial charge is 0.315 e. The number of benzene rings is 1. The van der Waals surface area contributed by atoms with Gasteiger partial charge in [0.2, 0.25) is 5.91 Å². The highest BCUT2D eigenvalue weighted by atomic mass is 32.1. The molecule has 92 valence electrons. The van der Waals surface area contributed by atoms with Crippen LogP contribution in [0.3, 0.4) is 0 Å². The molecule has 1 aromatic carbocycles. The molecule has 2 aromatic rings. The van der Waals surface area contributed by atoms with E-state index in [0.717, 1.165) is 17.7 Å². The smallest absolute Gasteiger partial charge is 0.234 e. The number of carbonyl (C=O) groups excluding carboxylic acids is 1. The molecule has 1 amide bonds. The number of fused-ring (bicyclic) bond motifs is 1. The molecule has 1 atom stereocenters. The maximum atomic E-state index is 12.3. The first-order valence-corrected chi connectivity index (χ1v) is 6.96. The lowest BCUT2D eigenvalue weighted by molar-refractivity contribution is -0.119. The molecule has 1 aliphatic rings. The lowest BCUT2D eigenvalue weighted by Gasteiger charge is -2.10. The maximum absolute atomic E-state index is 12.3. The van der Waals surface area contributed by atoms with Gasteiger partial charge in [-0.15, -0.1) is 11.3 Å². The molecule has 0 aliphatic carbocycles. The first-order chi connectivity index (χ1) is 8.68. The predicted octanol–water partition coefficient (Wildman–Crippen LogP) is 3.36. The number of anilines is 1. The Labute approximate surface area is 111 Å². The summed E-state index contributed by atoms with van der Waals surface area (Å²) in [6.07, 6.45) is 0.823. The van der Waals surface area contributed by atoms with Crippen molar-refractivity contribution >= 4 is 22.9 Å². The van der Waals surface area contributed by atoms with Gasteiger partial charge >= 0.3 is 0 Å². The van der Waals surface area contributed by atoms with Crippen LogP contribution in [0.15, 0.2) is 35.7 Å². The lowest BCUT2D eigenvalue weighted by atomic mass is 9.95. The van der Waals surface area contributed by atoms with Crippen molar-refractivity contribution < 1.29 is 4.79 Å². The Kier molecular flexibility index (Phi) is 2.71. The summed E-state index contributed by atoms with van der Waals surface area (Å²) >= 11 is 1.74. The highest BCUT2D eigenvalue weighted by Gasteiger charge is 2.35. The third kappa shape index (κ3) is 1.66. The molecule has 0 saturated heterocycles. The second-order valence-electron chi connectivity index (χ2n) is 4.74. The minimum Gasteiger partial charge on any atom is -0.315 e. The van der Waals surface area contributed by atoms with Crippen LogP contribution in [-0.4, -0.2) is 13.0 Å². The van der Waals surface area contributed by atoms with Crippen molar-refractivity contribution in [1.29, 1.82) is 0 Å². The second kappa shape index (κ2) is 4.25. The van der Waals surface area contributed by atoms with Gasteiger partial charge in [-0.3, -0.25) is 4.79 Å². The summed E-state index contributed by atoms with van der Waals surface area (Å²) in [6.45, 7) is 2.11. The monoisotopic (exact) mass is 257 g/mol. The van der Waals surface area contributed by atoms with Crippen LogP contribution in [0.2, 0.25) is 0 Å². The van der Waals surface area contributed by atoms with Crippen LogP contribution in [0, 0.1) is 6.92 Å². The number of thiophene rings is 1. The topological polar surface area (TPSA) is 20.3 Å². The van der Waals surface area contributed by atoms with Crippen LogP contribution >= 0.6 is 11.3 Å². The molecule has 0 fully saturated rings. The van der Waals surface area contributed by atoms with E-state index < -0.39 is 0 Å². The van der Waals surface area contributed by atoms with E-state index in [4.69, 9.17) is 0 Å². The Morgan fingerprint density at radius 2 is 2.06 bits per heavy atom. The summed E-state index contributed by atoms with van der Waals surface area (Å²) in [7, 11) is 1.86. The molecule has 3 rings (SSSR count). The van der Waals surface area contributed by atoms with Gasteiger partial charge in [0.1, 0.15) is 0 Å². The van der Waals surface area contributed by atoms with Crippen molar-refractivity contribution in [2.75, 3.05) is 11.9 Å². The highest BCUT2D eigenvalue weighted by molar-refractivity contribution is 7.10. The summed E-state index contributed by atoms with van der Waals surface area (Å²) < 4.78 is 0. The average molecular weight is 257 g/mol. The fourth-order valence-electron chi connectivity index (χ4n) is 2.57. The highest BCUT2D eigenvalue weighted by Crippen LogP contribution is 2.39. The van der Waals surface area contributed by atoms with Crippen molar-refractivity contribution in [3.63, 3.8) is 0 Å². The number of aryl methyl sites for hydroxylation is 1. The number of hydrogen-bond acceptors (Lipinski definition) is 2. The van der Waals surface area contributed by atoms with E-state index in [1.807, 2.05) is 25.2 Å². The molecular formula is C15H15NOS. The molecule has 1 aliphatic heterocycles. The molecular weight excluding hydrogens is 242 g/mol. The van der Waals surface area contributed by atoms with Crippen LogP contribution in [0.1, 0.15) is 21.9 Å². The normalized spacial score (nSPS) is 18.2. The van der Waals surface area contributed by atoms with Gasteiger partial charge in [0, 0.05) is 17.6 Å². The van der Waals surface area contributed by atoms with Crippen LogP contribution < -0.4 is 4.90 Å². The number of amides is 1. The third-order valence-electron chi connectivity index (χ3n) is 3.66. The maximum Gasteiger partial charge on any atom is 0.234 e. The predicted molar refractivity (Wildman–Crippen MR) is 75.4 cm³/mol. The van der Waals surface area contributed by atoms with Gasteiger partial charge in [0.25, 0.3) is 0 Å². The van der Waals surface area contributed by atoms with E-state index in [0.29, 0.717) is 0 Å². The number of hydrogen-bond donors (Lipinski definition) is 0. The number of para-hydroxylation sites is 1. The number of rotatable bonds is 2. The van der Waals surface area contributed by atoms with E-state index in [1.165, 1.54) is 10.4 Å². The van der Waals surface area contributed by atoms with Crippen molar-refractivity contribution in [2.45, 2.75) is 19.3 Å². The van der Waals surface area contributed by atoms with E-state index in [9.17, 15) is 4.79 Å². The molecule has 0 N–H and O–H groups in total. The molecule has 0 bridgehead atoms. The first-order valence-electron chi connectivity index (χ1n) is 6.08. The number of nitrogens with zero attached hydrogens (tertiary/aromatic N) is 1. The molecule has 0 spiro atoms. The summed E-state index contributed by atoms with van der Waals surface area (Å²) in [5, 5.41) is 2.10. The van der Waals surface area contributed by atoms with Gasteiger partial charge in [-0.2, -0.15) is 0 Å². The van der Waals surface area contributed by atoms with Crippen LogP contribution in [0.4, 0.5) is 5.69 Å². The molecule has 0 saturated carbocycles. The average Bonchev–Trinajstić information content (AvgIpc) is 2.88. The van der Waals surface area contributed by atoms with E-state index in [1.54, 1.807) is 16.2 Å². The van der Waals surface area contributed by atoms with Crippen molar-refractivity contribution in [3.8, 4) is 0 Å². The van der Waals surface area contributed by atoms with Gasteiger partial charge in [-0.25, -0.2) is 0 Å². The Bertz CT molecular complexity index is 602. The lowest BCUT2D eigenvalue weighted by Crippen LogP contribution is -2.24. The summed E-state index contributed by atoms with van der Waals surface area (Å²) in [5.41, 5.74) is 3.51. The van der Waals surface area contributed by atoms with Gasteiger partial charge in [-0.1, -0.05) is 18.2 Å². The minimum absolute atomic E-state index is 0.0106. The Morgan fingerprint density at radius 1 is 1.28 bits per heavy atom. The zero-order valence-corrected chi connectivity index (χ0v) is 11.3. The van der Waals surface area contributed by atoms with Crippen LogP contribution in [-0.2, 0) is 11.2 Å². The minimum atomic E-state index is -0.0106. The summed E-state index contributed by atoms with van der Waals surface area (Å²) in [5.74, 6) is 0.201. The van der Waals surface area contributed by atoms with Gasteiger partial charge in [0.15, 0.2) is 0 Å². The first kappa shape index (κ1) is 11.5. The molecule has 2 heterocycles. The zero-order valence-electron chi connectivity index (χ0n) is 10.5. The van der Waals surface area contributed by atoms with Crippen molar-refractivity contribution in [2.24, 2.45) is 0 Å². The Morgan fingerprint density at radius 3 is 2.78 bits per heavy atom. The Balaban J connectivity index is 1.98. The third-order valence-corrected chi connectivity index (χ3v) is 4.71. The van der Waals surface area contributed by atoms with Crippen molar-refractivity contribution in [3.05, 3.63) is 51.7 Å². The molecule has 0 radical (unpaired) electrons. The molecule has 2 nitrogen and oxygen atoms in total. The molecule has 1 aromatic heterocycles. The van der Waals surface area contributed by atoms with E-state index in [-0.39, 0.29) is 11.8 Å². The van der Waals surface area contributed by atoms with E-state index in [2.05, 4.69) is 24.4 Å². The fraction of sp³-hybridized carbons (Fsp3) is 0.267. The second-order valence-corrected chi connectivity index (χ2v) is 5.74. The number of likely N-dealkylation sites (N-methyl/N-ethyl adjacent to an activating group) is 1.